The molecule has 0 aromatic rings. The molecule has 0 aromatic carbocycles. The molecule has 1 aliphatic carbocycles. The maximum Gasteiger partial charge on any atom is 0.323 e. The van der Waals surface area contributed by atoms with Crippen LogP contribution >= 0.6 is 0 Å². The van der Waals surface area contributed by atoms with E-state index >= 15 is 0 Å². The molecule has 0 heterocycles. The lowest BCUT2D eigenvalue weighted by Gasteiger charge is -2.28. The van der Waals surface area contributed by atoms with E-state index in [9.17, 15) is 4.79 Å². The highest BCUT2D eigenvalue weighted by Gasteiger charge is 2.30. The van der Waals surface area contributed by atoms with Crippen LogP contribution in [0.2, 0.25) is 0 Å². The van der Waals surface area contributed by atoms with Crippen molar-refractivity contribution in [3.63, 3.8) is 0 Å². The van der Waals surface area contributed by atoms with Gasteiger partial charge in [0.05, 0.1) is 0 Å². The summed E-state index contributed by atoms with van der Waals surface area (Å²) < 4.78 is 0. The van der Waals surface area contributed by atoms with Crippen molar-refractivity contribution in [2.45, 2.75) is 57.9 Å². The first-order valence-corrected chi connectivity index (χ1v) is 5.94. The van der Waals surface area contributed by atoms with E-state index in [1.165, 1.54) is 25.7 Å². The van der Waals surface area contributed by atoms with E-state index in [0.29, 0.717) is 12.3 Å². The number of aliphatic carboxylic acids is 1. The second-order valence-electron chi connectivity index (χ2n) is 5.41. The first-order chi connectivity index (χ1) is 6.92. The molecule has 0 aliphatic heterocycles. The third kappa shape index (κ3) is 3.82. The number of hydrogen-bond acceptors (Lipinski definition) is 2. The Labute approximate surface area is 92.0 Å². The van der Waals surface area contributed by atoms with Crippen LogP contribution in [-0.2, 0) is 4.79 Å². The van der Waals surface area contributed by atoms with Crippen LogP contribution in [0.3, 0.4) is 0 Å². The summed E-state index contributed by atoms with van der Waals surface area (Å²) in [6.45, 7) is 3.71. The molecule has 0 bridgehead atoms. The van der Waals surface area contributed by atoms with Crippen LogP contribution in [0.1, 0.15) is 52.4 Å². The number of carboxylic acid groups (broad SMARTS) is 1. The highest BCUT2D eigenvalue weighted by Crippen LogP contribution is 2.32. The summed E-state index contributed by atoms with van der Waals surface area (Å²) in [6.07, 6.45) is 7.05. The average Bonchev–Trinajstić information content (AvgIpc) is 1.99. The molecule has 1 rings (SSSR count). The highest BCUT2D eigenvalue weighted by atomic mass is 16.4. The van der Waals surface area contributed by atoms with Gasteiger partial charge in [-0.2, -0.15) is 0 Å². The molecule has 1 fully saturated rings. The fourth-order valence-electron chi connectivity index (χ4n) is 2.21. The van der Waals surface area contributed by atoms with Crippen LogP contribution in [-0.4, -0.2) is 16.6 Å². The Bertz CT molecular complexity index is 222. The van der Waals surface area contributed by atoms with Gasteiger partial charge in [-0.3, -0.25) is 4.79 Å². The lowest BCUT2D eigenvalue weighted by atomic mass is 9.79. The van der Waals surface area contributed by atoms with Gasteiger partial charge in [-0.1, -0.05) is 39.0 Å². The zero-order valence-electron chi connectivity index (χ0n) is 9.83. The zero-order chi connectivity index (χ0) is 11.5. The van der Waals surface area contributed by atoms with E-state index in [1.807, 2.05) is 0 Å². The van der Waals surface area contributed by atoms with Crippen LogP contribution in [0.15, 0.2) is 0 Å². The van der Waals surface area contributed by atoms with Crippen LogP contribution in [0.5, 0.6) is 0 Å². The minimum absolute atomic E-state index is 0.414. The highest BCUT2D eigenvalue weighted by molar-refractivity contribution is 5.77. The van der Waals surface area contributed by atoms with Crippen molar-refractivity contribution in [2.75, 3.05) is 0 Å². The molecule has 2 unspecified atom stereocenters. The fourth-order valence-corrected chi connectivity index (χ4v) is 2.21. The maximum absolute atomic E-state index is 10.8. The molecule has 0 aromatic heterocycles. The SMILES string of the molecule is CC(CCC1CCC1)CC(C)(N)C(=O)O. The topological polar surface area (TPSA) is 63.3 Å². The van der Waals surface area contributed by atoms with E-state index in [0.717, 1.165) is 12.3 Å². The maximum atomic E-state index is 10.8. The van der Waals surface area contributed by atoms with Crippen molar-refractivity contribution in [1.82, 2.24) is 0 Å². The summed E-state index contributed by atoms with van der Waals surface area (Å²) >= 11 is 0. The summed E-state index contributed by atoms with van der Waals surface area (Å²) in [6, 6.07) is 0. The molecule has 3 nitrogen and oxygen atoms in total. The molecule has 3 heteroatoms. The Hall–Kier alpha value is -0.570. The lowest BCUT2D eigenvalue weighted by molar-refractivity contribution is -0.143. The minimum Gasteiger partial charge on any atom is -0.480 e. The Morgan fingerprint density at radius 3 is 2.60 bits per heavy atom. The molecule has 3 N–H and O–H groups in total. The molecular weight excluding hydrogens is 190 g/mol. The summed E-state index contributed by atoms with van der Waals surface area (Å²) in [5.41, 5.74) is 4.66. The second-order valence-corrected chi connectivity index (χ2v) is 5.41. The first kappa shape index (κ1) is 12.5. The predicted octanol–water partition coefficient (Wildman–Crippen LogP) is 2.39. The predicted molar refractivity (Wildman–Crippen MR) is 60.6 cm³/mol. The number of nitrogens with two attached hydrogens (primary N) is 1. The van der Waals surface area contributed by atoms with Gasteiger partial charge in [-0.25, -0.2) is 0 Å². The Balaban J connectivity index is 2.21. The molecule has 0 spiro atoms. The Morgan fingerprint density at radius 2 is 2.20 bits per heavy atom. The van der Waals surface area contributed by atoms with Crippen LogP contribution in [0, 0.1) is 11.8 Å². The average molecular weight is 213 g/mol. The van der Waals surface area contributed by atoms with Gasteiger partial charge in [0, 0.05) is 0 Å². The second kappa shape index (κ2) is 4.97. The van der Waals surface area contributed by atoms with Crippen molar-refractivity contribution < 1.29 is 9.90 Å². The van der Waals surface area contributed by atoms with Crippen molar-refractivity contribution in [3.8, 4) is 0 Å². The molecule has 1 aliphatic rings. The Morgan fingerprint density at radius 1 is 1.60 bits per heavy atom. The monoisotopic (exact) mass is 213 g/mol. The molecule has 1 saturated carbocycles. The van der Waals surface area contributed by atoms with Gasteiger partial charge >= 0.3 is 5.97 Å². The van der Waals surface area contributed by atoms with Crippen molar-refractivity contribution in [1.29, 1.82) is 0 Å². The smallest absolute Gasteiger partial charge is 0.323 e. The summed E-state index contributed by atoms with van der Waals surface area (Å²) in [7, 11) is 0. The van der Waals surface area contributed by atoms with Crippen molar-refractivity contribution in [3.05, 3.63) is 0 Å². The van der Waals surface area contributed by atoms with Crippen LogP contribution < -0.4 is 5.73 Å². The number of carbonyl (C=O) groups is 1. The van der Waals surface area contributed by atoms with Crippen LogP contribution in [0.4, 0.5) is 0 Å². The van der Waals surface area contributed by atoms with E-state index in [1.54, 1.807) is 6.92 Å². The number of rotatable bonds is 6. The van der Waals surface area contributed by atoms with E-state index in [4.69, 9.17) is 10.8 Å². The van der Waals surface area contributed by atoms with Gasteiger partial charge in [0.25, 0.3) is 0 Å². The van der Waals surface area contributed by atoms with Gasteiger partial charge in [-0.15, -0.1) is 0 Å². The zero-order valence-corrected chi connectivity index (χ0v) is 9.83. The summed E-state index contributed by atoms with van der Waals surface area (Å²) in [5.74, 6) is 0.427. The van der Waals surface area contributed by atoms with Crippen molar-refractivity contribution >= 4 is 5.97 Å². The number of hydrogen-bond donors (Lipinski definition) is 2. The third-order valence-electron chi connectivity index (χ3n) is 3.55. The Kier molecular flexibility index (Phi) is 4.14. The molecule has 2 atom stereocenters. The lowest BCUT2D eigenvalue weighted by Crippen LogP contribution is -2.46. The normalized spacial score (nSPS) is 22.9. The molecular formula is C12H23NO2. The van der Waals surface area contributed by atoms with Gasteiger partial charge in [0.15, 0.2) is 0 Å². The molecule has 15 heavy (non-hydrogen) atoms. The van der Waals surface area contributed by atoms with Gasteiger partial charge < -0.3 is 10.8 Å². The van der Waals surface area contributed by atoms with Crippen LogP contribution in [0.25, 0.3) is 0 Å². The number of carboxylic acids is 1. The van der Waals surface area contributed by atoms with Gasteiger partial charge in [-0.05, 0) is 25.2 Å². The van der Waals surface area contributed by atoms with E-state index in [-0.39, 0.29) is 0 Å². The fraction of sp³-hybridized carbons (Fsp3) is 0.917. The third-order valence-corrected chi connectivity index (χ3v) is 3.55. The molecule has 88 valence electrons. The molecule has 0 saturated heterocycles. The van der Waals surface area contributed by atoms with E-state index in [2.05, 4.69) is 6.92 Å². The quantitative estimate of drug-likeness (QED) is 0.712. The largest absolute Gasteiger partial charge is 0.480 e. The standard InChI is InChI=1S/C12H23NO2/c1-9(6-7-10-4-3-5-10)8-12(2,13)11(14)15/h9-10H,3-8,13H2,1-2H3,(H,14,15). The van der Waals surface area contributed by atoms with Gasteiger partial charge in [0.2, 0.25) is 0 Å². The molecule has 0 radical (unpaired) electrons. The first-order valence-electron chi connectivity index (χ1n) is 5.94. The van der Waals surface area contributed by atoms with Crippen molar-refractivity contribution in [2.24, 2.45) is 17.6 Å². The van der Waals surface area contributed by atoms with Gasteiger partial charge in [0.1, 0.15) is 5.54 Å². The van der Waals surface area contributed by atoms with E-state index < -0.39 is 11.5 Å². The summed E-state index contributed by atoms with van der Waals surface area (Å²) in [4.78, 5) is 10.8. The molecule has 0 amide bonds. The minimum atomic E-state index is -1.06. The summed E-state index contributed by atoms with van der Waals surface area (Å²) in [5, 5.41) is 8.90.